The molecule has 0 radical (unpaired) electrons. The van der Waals surface area contributed by atoms with Gasteiger partial charge in [-0.05, 0) is 18.4 Å². The molecule has 0 fully saturated rings. The molecule has 0 saturated carbocycles. The van der Waals surface area contributed by atoms with Crippen LogP contribution in [0.1, 0.15) is 19.4 Å². The van der Waals surface area contributed by atoms with Crippen molar-refractivity contribution >= 4 is 15.9 Å². The molecule has 0 amide bonds. The van der Waals surface area contributed by atoms with E-state index >= 15 is 0 Å². The summed E-state index contributed by atoms with van der Waals surface area (Å²) in [6.07, 6.45) is 1.85. The number of pyridine rings is 1. The molecule has 14 heavy (non-hydrogen) atoms. The molecule has 2 nitrogen and oxygen atoms in total. The van der Waals surface area contributed by atoms with E-state index < -0.39 is 0 Å². The molecule has 0 bridgehead atoms. The molecule has 0 unspecified atom stereocenters. The molecular weight excluding hydrogens is 242 g/mol. The van der Waals surface area contributed by atoms with Crippen LogP contribution in [0.25, 0.3) is 0 Å². The van der Waals surface area contributed by atoms with E-state index in [1.807, 2.05) is 25.3 Å². The fourth-order valence-corrected chi connectivity index (χ4v) is 1.46. The summed E-state index contributed by atoms with van der Waals surface area (Å²) in [5, 5.41) is 0.889. The van der Waals surface area contributed by atoms with Crippen molar-refractivity contribution in [1.82, 2.24) is 4.57 Å². The standard InChI is InChI=1S/C11H16BrNO/c1-9-5-4-6-13(10(9)14)8-11(2,3)7-12/h4-6H,7-8H2,1-3H3. The Morgan fingerprint density at radius 2 is 2.14 bits per heavy atom. The number of nitrogens with zero attached hydrogens (tertiary/aromatic N) is 1. The molecule has 1 aromatic heterocycles. The highest BCUT2D eigenvalue weighted by atomic mass is 79.9. The molecule has 0 aliphatic heterocycles. The van der Waals surface area contributed by atoms with Crippen LogP contribution < -0.4 is 5.56 Å². The molecule has 1 rings (SSSR count). The van der Waals surface area contributed by atoms with Crippen LogP contribution in [-0.2, 0) is 6.54 Å². The van der Waals surface area contributed by atoms with Gasteiger partial charge in [0.15, 0.2) is 0 Å². The Balaban J connectivity index is 2.99. The molecule has 0 aliphatic carbocycles. The number of hydrogen-bond donors (Lipinski definition) is 0. The lowest BCUT2D eigenvalue weighted by atomic mass is 9.96. The zero-order chi connectivity index (χ0) is 10.8. The fourth-order valence-electron chi connectivity index (χ4n) is 1.28. The SMILES string of the molecule is Cc1cccn(CC(C)(C)CBr)c1=O. The number of aryl methyl sites for hydroxylation is 1. The van der Waals surface area contributed by atoms with E-state index in [0.29, 0.717) is 0 Å². The molecule has 0 aliphatic rings. The first-order valence-electron chi connectivity index (χ1n) is 4.68. The quantitative estimate of drug-likeness (QED) is 0.764. The van der Waals surface area contributed by atoms with Gasteiger partial charge in [0, 0.05) is 23.6 Å². The molecule has 0 N–H and O–H groups in total. The largest absolute Gasteiger partial charge is 0.315 e. The van der Waals surface area contributed by atoms with Crippen molar-refractivity contribution in [3.8, 4) is 0 Å². The van der Waals surface area contributed by atoms with E-state index in [1.165, 1.54) is 0 Å². The van der Waals surface area contributed by atoms with E-state index in [0.717, 1.165) is 17.4 Å². The van der Waals surface area contributed by atoms with Crippen molar-refractivity contribution in [3.05, 3.63) is 34.2 Å². The van der Waals surface area contributed by atoms with Gasteiger partial charge in [0.05, 0.1) is 0 Å². The molecule has 1 heterocycles. The smallest absolute Gasteiger partial charge is 0.253 e. The van der Waals surface area contributed by atoms with Crippen LogP contribution in [0.4, 0.5) is 0 Å². The summed E-state index contributed by atoms with van der Waals surface area (Å²) in [6, 6.07) is 3.76. The molecule has 0 atom stereocenters. The van der Waals surface area contributed by atoms with E-state index in [9.17, 15) is 4.79 Å². The summed E-state index contributed by atoms with van der Waals surface area (Å²) in [7, 11) is 0. The number of rotatable bonds is 3. The summed E-state index contributed by atoms with van der Waals surface area (Å²) in [5.74, 6) is 0. The molecule has 3 heteroatoms. The fraction of sp³-hybridized carbons (Fsp3) is 0.545. The lowest BCUT2D eigenvalue weighted by Crippen LogP contribution is -2.29. The Labute approximate surface area is 93.1 Å². The predicted molar refractivity (Wildman–Crippen MR) is 63.0 cm³/mol. The normalized spacial score (nSPS) is 11.7. The van der Waals surface area contributed by atoms with Gasteiger partial charge in [0.1, 0.15) is 0 Å². The summed E-state index contributed by atoms with van der Waals surface area (Å²) in [6.45, 7) is 6.87. The zero-order valence-electron chi connectivity index (χ0n) is 8.88. The van der Waals surface area contributed by atoms with Crippen LogP contribution in [0, 0.1) is 12.3 Å². The summed E-state index contributed by atoms with van der Waals surface area (Å²) in [4.78, 5) is 11.7. The van der Waals surface area contributed by atoms with Crippen LogP contribution in [0.2, 0.25) is 0 Å². The highest BCUT2D eigenvalue weighted by Gasteiger charge is 2.17. The molecule has 0 saturated heterocycles. The van der Waals surface area contributed by atoms with Gasteiger partial charge in [-0.2, -0.15) is 0 Å². The summed E-state index contributed by atoms with van der Waals surface area (Å²) in [5.41, 5.74) is 1.02. The maximum atomic E-state index is 11.7. The highest BCUT2D eigenvalue weighted by molar-refractivity contribution is 9.09. The Morgan fingerprint density at radius 1 is 1.50 bits per heavy atom. The van der Waals surface area contributed by atoms with Crippen molar-refractivity contribution in [1.29, 1.82) is 0 Å². The second kappa shape index (κ2) is 4.30. The molecule has 1 aromatic rings. The van der Waals surface area contributed by atoms with Crippen molar-refractivity contribution in [3.63, 3.8) is 0 Å². The number of halogens is 1. The van der Waals surface area contributed by atoms with E-state index in [2.05, 4.69) is 29.8 Å². The van der Waals surface area contributed by atoms with Crippen LogP contribution in [0.3, 0.4) is 0 Å². The molecular formula is C11H16BrNO. The van der Waals surface area contributed by atoms with Crippen LogP contribution >= 0.6 is 15.9 Å². The molecule has 0 spiro atoms. The van der Waals surface area contributed by atoms with Gasteiger partial charge >= 0.3 is 0 Å². The third-order valence-corrected chi connectivity index (χ3v) is 3.69. The second-order valence-corrected chi connectivity index (χ2v) is 4.98. The van der Waals surface area contributed by atoms with Gasteiger partial charge < -0.3 is 4.57 Å². The van der Waals surface area contributed by atoms with Crippen molar-refractivity contribution in [2.45, 2.75) is 27.3 Å². The highest BCUT2D eigenvalue weighted by Crippen LogP contribution is 2.19. The number of aromatic nitrogens is 1. The lowest BCUT2D eigenvalue weighted by molar-refractivity contribution is 0.348. The summed E-state index contributed by atoms with van der Waals surface area (Å²) < 4.78 is 1.77. The third kappa shape index (κ3) is 2.71. The van der Waals surface area contributed by atoms with Gasteiger partial charge in [-0.1, -0.05) is 35.8 Å². The Morgan fingerprint density at radius 3 is 2.71 bits per heavy atom. The van der Waals surface area contributed by atoms with E-state index in [4.69, 9.17) is 0 Å². The monoisotopic (exact) mass is 257 g/mol. The Kier molecular flexibility index (Phi) is 3.53. The first-order valence-corrected chi connectivity index (χ1v) is 5.80. The summed E-state index contributed by atoms with van der Waals surface area (Å²) >= 11 is 3.46. The third-order valence-electron chi connectivity index (χ3n) is 2.17. The van der Waals surface area contributed by atoms with Gasteiger partial charge in [-0.3, -0.25) is 4.79 Å². The van der Waals surface area contributed by atoms with Crippen LogP contribution in [0.5, 0.6) is 0 Å². The zero-order valence-corrected chi connectivity index (χ0v) is 10.5. The first-order chi connectivity index (χ1) is 6.46. The molecule has 78 valence electrons. The Hall–Kier alpha value is -0.570. The maximum Gasteiger partial charge on any atom is 0.253 e. The van der Waals surface area contributed by atoms with Gasteiger partial charge in [0.2, 0.25) is 0 Å². The minimum atomic E-state index is 0.109. The van der Waals surface area contributed by atoms with Crippen molar-refractivity contribution < 1.29 is 0 Å². The maximum absolute atomic E-state index is 11.7. The topological polar surface area (TPSA) is 22.0 Å². The minimum absolute atomic E-state index is 0.109. The van der Waals surface area contributed by atoms with Crippen LogP contribution in [0.15, 0.2) is 23.1 Å². The van der Waals surface area contributed by atoms with Crippen molar-refractivity contribution in [2.75, 3.05) is 5.33 Å². The average molecular weight is 258 g/mol. The van der Waals surface area contributed by atoms with E-state index in [1.54, 1.807) is 4.57 Å². The van der Waals surface area contributed by atoms with Gasteiger partial charge in [-0.25, -0.2) is 0 Å². The lowest BCUT2D eigenvalue weighted by Gasteiger charge is -2.22. The van der Waals surface area contributed by atoms with Crippen LogP contribution in [-0.4, -0.2) is 9.90 Å². The first kappa shape index (κ1) is 11.5. The number of hydrogen-bond acceptors (Lipinski definition) is 1. The number of alkyl halides is 1. The molecule has 0 aromatic carbocycles. The Bertz CT molecular complexity index is 368. The predicted octanol–water partition coefficient (Wildman–Crippen LogP) is 2.58. The van der Waals surface area contributed by atoms with E-state index in [-0.39, 0.29) is 11.0 Å². The van der Waals surface area contributed by atoms with Gasteiger partial charge in [0.25, 0.3) is 5.56 Å². The van der Waals surface area contributed by atoms with Gasteiger partial charge in [-0.15, -0.1) is 0 Å². The average Bonchev–Trinajstić information content (AvgIpc) is 2.13. The second-order valence-electron chi connectivity index (χ2n) is 4.42. The van der Waals surface area contributed by atoms with Crippen molar-refractivity contribution in [2.24, 2.45) is 5.41 Å². The minimum Gasteiger partial charge on any atom is -0.315 e.